The number of hydrogen-bond donors (Lipinski definition) is 1. The lowest BCUT2D eigenvalue weighted by atomic mass is 9.82. The van der Waals surface area contributed by atoms with Crippen LogP contribution in [-0.4, -0.2) is 29.6 Å². The first kappa shape index (κ1) is 41.4. The highest BCUT2D eigenvalue weighted by Gasteiger charge is 2.41. The Bertz CT molecular complexity index is 2120. The molecular formula is C52H64O4. The maximum atomic E-state index is 13.8. The van der Waals surface area contributed by atoms with Crippen molar-refractivity contribution in [3.8, 4) is 0 Å². The zero-order chi connectivity index (χ0) is 40.4. The first-order chi connectivity index (χ1) is 26.7. The number of ketones is 1. The topological polar surface area (TPSA) is 63.6 Å². The lowest BCUT2D eigenvalue weighted by molar-refractivity contribution is -0.142. The zero-order valence-corrected chi connectivity index (χ0v) is 35.8. The predicted octanol–water partition coefficient (Wildman–Crippen LogP) is 12.8. The summed E-state index contributed by atoms with van der Waals surface area (Å²) >= 11 is 0. The number of carbonyl (C=O) groups is 2. The molecule has 0 aliphatic heterocycles. The fourth-order valence-corrected chi connectivity index (χ4v) is 9.79. The number of ether oxygens (including phenoxy) is 1. The molecule has 3 atom stereocenters. The van der Waals surface area contributed by atoms with Gasteiger partial charge in [0.25, 0.3) is 0 Å². The normalized spacial score (nSPS) is 23.0. The van der Waals surface area contributed by atoms with E-state index in [4.69, 9.17) is 4.74 Å². The summed E-state index contributed by atoms with van der Waals surface area (Å²) in [6.07, 6.45) is 25.7. The molecule has 4 heteroatoms. The van der Waals surface area contributed by atoms with Crippen LogP contribution in [0.3, 0.4) is 0 Å². The smallest absolute Gasteiger partial charge is 0.306 e. The second kappa shape index (κ2) is 17.5. The van der Waals surface area contributed by atoms with Crippen molar-refractivity contribution in [2.75, 3.05) is 6.61 Å². The van der Waals surface area contributed by atoms with E-state index in [1.165, 1.54) is 72.5 Å². The van der Waals surface area contributed by atoms with Gasteiger partial charge in [0.1, 0.15) is 6.61 Å². The summed E-state index contributed by atoms with van der Waals surface area (Å²) in [6, 6.07) is 0. The third-order valence-corrected chi connectivity index (χ3v) is 13.1. The number of hydrogen-bond acceptors (Lipinski definition) is 4. The molecule has 0 amide bonds. The van der Waals surface area contributed by atoms with Crippen molar-refractivity contribution < 1.29 is 19.4 Å². The van der Waals surface area contributed by atoms with Gasteiger partial charge in [0.05, 0.1) is 6.10 Å². The second-order valence-electron chi connectivity index (χ2n) is 17.3. The van der Waals surface area contributed by atoms with Gasteiger partial charge in [0, 0.05) is 18.4 Å². The molecule has 0 saturated carbocycles. The van der Waals surface area contributed by atoms with Crippen LogP contribution >= 0.6 is 0 Å². The summed E-state index contributed by atoms with van der Waals surface area (Å²) in [4.78, 5) is 27.1. The minimum atomic E-state index is -0.576. The summed E-state index contributed by atoms with van der Waals surface area (Å²) < 4.78 is 5.77. The Hall–Kier alpha value is -4.28. The Morgan fingerprint density at radius 1 is 0.821 bits per heavy atom. The van der Waals surface area contributed by atoms with Crippen LogP contribution in [0.4, 0.5) is 0 Å². The van der Waals surface area contributed by atoms with Crippen molar-refractivity contribution in [3.63, 3.8) is 0 Å². The van der Waals surface area contributed by atoms with Crippen LogP contribution in [0.25, 0.3) is 0 Å². The summed E-state index contributed by atoms with van der Waals surface area (Å²) in [5.74, 6) is 0.301. The number of fused-ring (bicyclic) bond motifs is 6. The van der Waals surface area contributed by atoms with Gasteiger partial charge in [0.2, 0.25) is 0 Å². The van der Waals surface area contributed by atoms with Crippen LogP contribution in [-0.2, 0) is 14.3 Å². The van der Waals surface area contributed by atoms with E-state index in [1.54, 1.807) is 0 Å². The Morgan fingerprint density at radius 3 is 2.23 bits per heavy atom. The van der Waals surface area contributed by atoms with Gasteiger partial charge < -0.3 is 9.84 Å². The van der Waals surface area contributed by atoms with Crippen LogP contribution in [0.5, 0.6) is 0 Å². The molecule has 0 aromatic heterocycles. The third kappa shape index (κ3) is 8.66. The van der Waals surface area contributed by atoms with Crippen LogP contribution in [0.15, 0.2) is 149 Å². The van der Waals surface area contributed by atoms with Gasteiger partial charge in [-0.25, -0.2) is 0 Å². The molecule has 0 aromatic carbocycles. The minimum absolute atomic E-state index is 0.0978. The molecule has 296 valence electrons. The van der Waals surface area contributed by atoms with Crippen LogP contribution in [0.1, 0.15) is 133 Å². The van der Waals surface area contributed by atoms with Gasteiger partial charge >= 0.3 is 5.97 Å². The summed E-state index contributed by atoms with van der Waals surface area (Å²) in [7, 11) is 0. The molecular weight excluding hydrogens is 689 g/mol. The van der Waals surface area contributed by atoms with Gasteiger partial charge in [-0.3, -0.25) is 9.59 Å². The second-order valence-corrected chi connectivity index (χ2v) is 17.3. The number of esters is 1. The van der Waals surface area contributed by atoms with Crippen molar-refractivity contribution >= 4 is 11.8 Å². The first-order valence-corrected chi connectivity index (χ1v) is 21.1. The first-order valence-electron chi connectivity index (χ1n) is 21.1. The van der Waals surface area contributed by atoms with E-state index >= 15 is 0 Å². The van der Waals surface area contributed by atoms with E-state index in [9.17, 15) is 14.7 Å². The highest BCUT2D eigenvalue weighted by atomic mass is 16.5. The standard InChI is InChI=1S/C52H64O4/c1-11-44-33(6)38-23-42(44)24-41-28-48-47(29-49(54)52(48)36(41)9)46-27-40(22-39-26-43(25-38)51(35(39)8)37(10)53)34(7)45(46)18-19-50(55)56-21-20-32(5)17-13-16-31(4)15-12-14-30(2)3/h14,16,20,22-25,27,34,37,45,53H,11-13,15,17-19,21,26,28-29H2,1-10H3/b31-16+,32-20+,38-25?,39-22?,40-22?,41-24?,42-24?,43-25?,47-46?/t34-,37?,45+/m1/s1. The Labute approximate surface area is 337 Å². The molecule has 8 bridgehead atoms. The number of aliphatic hydroxyl groups is 1. The quantitative estimate of drug-likeness (QED) is 0.150. The van der Waals surface area contributed by atoms with E-state index in [-0.39, 0.29) is 23.6 Å². The number of allylic oxidation sites excluding steroid dienone is 23. The Morgan fingerprint density at radius 2 is 1.54 bits per heavy atom. The van der Waals surface area contributed by atoms with E-state index in [2.05, 4.69) is 105 Å². The number of rotatable bonds is 13. The number of aliphatic hydroxyl groups excluding tert-OH is 1. The number of carbonyl (C=O) groups excluding carboxylic acids is 2. The zero-order valence-electron chi connectivity index (χ0n) is 35.8. The minimum Gasteiger partial charge on any atom is -0.461 e. The van der Waals surface area contributed by atoms with Gasteiger partial charge in [-0.15, -0.1) is 0 Å². The monoisotopic (exact) mass is 752 g/mol. The van der Waals surface area contributed by atoms with E-state index in [1.807, 2.05) is 13.0 Å². The van der Waals surface area contributed by atoms with Gasteiger partial charge in [0.15, 0.2) is 5.78 Å². The van der Waals surface area contributed by atoms with Crippen molar-refractivity contribution in [3.05, 3.63) is 149 Å². The summed E-state index contributed by atoms with van der Waals surface area (Å²) in [5.41, 5.74) is 21.7. The van der Waals surface area contributed by atoms with Crippen LogP contribution in [0.2, 0.25) is 0 Å². The maximum absolute atomic E-state index is 13.8. The molecule has 0 radical (unpaired) electrons. The average Bonchev–Trinajstić information content (AvgIpc) is 3.89. The lowest BCUT2D eigenvalue weighted by Gasteiger charge is -2.22. The van der Waals surface area contributed by atoms with Crippen LogP contribution in [0, 0.1) is 11.8 Å². The molecule has 4 nitrogen and oxygen atoms in total. The van der Waals surface area contributed by atoms with Crippen LogP contribution < -0.4 is 0 Å². The highest BCUT2D eigenvalue weighted by molar-refractivity contribution is 6.08. The molecule has 0 saturated heterocycles. The fourth-order valence-electron chi connectivity index (χ4n) is 9.79. The van der Waals surface area contributed by atoms with Crippen molar-refractivity contribution in [1.29, 1.82) is 0 Å². The molecule has 6 rings (SSSR count). The van der Waals surface area contributed by atoms with E-state index < -0.39 is 6.10 Å². The molecule has 0 fully saturated rings. The average molecular weight is 753 g/mol. The Kier molecular flexibility index (Phi) is 12.9. The molecule has 1 unspecified atom stereocenters. The highest BCUT2D eigenvalue weighted by Crippen LogP contribution is 2.53. The largest absolute Gasteiger partial charge is 0.461 e. The maximum Gasteiger partial charge on any atom is 0.306 e. The molecule has 6 aliphatic rings. The SMILES string of the molecule is CCC1=C(C)C2=CC3=C(C(C)O)C(C)=C(C=C4C=C(C5=C6CC(=CC1=C2)C(C)=C6C(=O)C5)[C@@H](CCC(=O)OC/C=C(\C)CC/C=C(\C)CCC=C(C)C)[C@@H]4C)C3. The molecule has 6 aliphatic carbocycles. The third-order valence-electron chi connectivity index (χ3n) is 13.1. The van der Waals surface area contributed by atoms with Gasteiger partial charge in [-0.2, -0.15) is 0 Å². The lowest BCUT2D eigenvalue weighted by Crippen LogP contribution is -2.15. The fraction of sp³-hybridized carbons (Fsp3) is 0.462. The molecule has 1 N–H and O–H groups in total. The Balaban J connectivity index is 1.25. The van der Waals surface area contributed by atoms with Gasteiger partial charge in [-0.05, 0) is 209 Å². The molecule has 0 heterocycles. The number of Topliss-reactive ketones (excluding diaryl/α,β-unsaturated/α-hetero) is 1. The van der Waals surface area contributed by atoms with Gasteiger partial charge in [-0.1, -0.05) is 67.0 Å². The van der Waals surface area contributed by atoms with Crippen molar-refractivity contribution in [1.82, 2.24) is 0 Å². The van der Waals surface area contributed by atoms with Crippen molar-refractivity contribution in [2.24, 2.45) is 11.8 Å². The summed E-state index contributed by atoms with van der Waals surface area (Å²) in [5, 5.41) is 11.1. The predicted molar refractivity (Wildman–Crippen MR) is 232 cm³/mol. The molecule has 0 aromatic rings. The molecule has 0 spiro atoms. The molecule has 56 heavy (non-hydrogen) atoms. The van der Waals surface area contributed by atoms with E-state index in [0.717, 1.165) is 72.8 Å². The van der Waals surface area contributed by atoms with Crippen molar-refractivity contribution in [2.45, 2.75) is 140 Å². The van der Waals surface area contributed by atoms with E-state index in [0.29, 0.717) is 25.9 Å². The summed E-state index contributed by atoms with van der Waals surface area (Å²) in [6.45, 7) is 21.8.